The molecule has 0 aliphatic carbocycles. The maximum Gasteiger partial charge on any atom is 0.338 e. The van der Waals surface area contributed by atoms with E-state index in [-0.39, 0.29) is 0 Å². The van der Waals surface area contributed by atoms with Gasteiger partial charge in [0, 0.05) is 18.2 Å². The molecule has 0 heterocycles. The summed E-state index contributed by atoms with van der Waals surface area (Å²) < 4.78 is 22.3. The predicted octanol–water partition coefficient (Wildman–Crippen LogP) is 3.54. The fourth-order valence-corrected chi connectivity index (χ4v) is 2.20. The summed E-state index contributed by atoms with van der Waals surface area (Å²) in [6.07, 6.45) is -0.402. The Kier molecular flexibility index (Phi) is 6.97. The van der Waals surface area contributed by atoms with Gasteiger partial charge in [-0.3, -0.25) is 0 Å². The van der Waals surface area contributed by atoms with E-state index in [0.29, 0.717) is 29.4 Å². The summed E-state index contributed by atoms with van der Waals surface area (Å²) in [4.78, 5) is 11.6. The average molecular weight is 406 g/mol. The van der Waals surface area contributed by atoms with Crippen molar-refractivity contribution < 1.29 is 23.7 Å². The monoisotopic (exact) mass is 406 g/mol. The molecule has 0 spiro atoms. The molecular weight excluding hydrogens is 387 g/mol. The summed E-state index contributed by atoms with van der Waals surface area (Å²) in [5, 5.41) is 0. The van der Waals surface area contributed by atoms with Crippen LogP contribution in [-0.4, -0.2) is 26.0 Å². The highest BCUT2D eigenvalue weighted by Crippen LogP contribution is 2.37. The van der Waals surface area contributed by atoms with E-state index < -0.39 is 12.3 Å². The zero-order chi connectivity index (χ0) is 16.0. The maximum atomic E-state index is 11.6. The zero-order valence-electron chi connectivity index (χ0n) is 12.6. The molecular formula is C15H19IO5. The van der Waals surface area contributed by atoms with Crippen molar-refractivity contribution in [2.75, 3.05) is 13.7 Å². The summed E-state index contributed by atoms with van der Waals surface area (Å²) in [6.45, 7) is 9.37. The Hall–Kier alpha value is -1.28. The number of methoxy groups -OCH3 is 1. The van der Waals surface area contributed by atoms with Crippen LogP contribution in [0.25, 0.3) is 0 Å². The number of benzene rings is 1. The highest BCUT2D eigenvalue weighted by molar-refractivity contribution is 14.1. The lowest BCUT2D eigenvalue weighted by molar-refractivity contribution is -0.130. The van der Waals surface area contributed by atoms with Gasteiger partial charge in [0.25, 0.3) is 0 Å². The van der Waals surface area contributed by atoms with Crippen molar-refractivity contribution in [1.82, 2.24) is 0 Å². The van der Waals surface area contributed by atoms with Crippen LogP contribution in [0.4, 0.5) is 0 Å². The zero-order valence-corrected chi connectivity index (χ0v) is 14.7. The molecule has 0 aromatic heterocycles. The van der Waals surface area contributed by atoms with Gasteiger partial charge >= 0.3 is 5.97 Å². The molecule has 0 bridgehead atoms. The maximum absolute atomic E-state index is 11.6. The van der Waals surface area contributed by atoms with Crippen molar-refractivity contribution in [3.05, 3.63) is 27.9 Å². The minimum Gasteiger partial charge on any atom is -0.493 e. The van der Waals surface area contributed by atoms with E-state index in [9.17, 15) is 4.79 Å². The van der Waals surface area contributed by atoms with Gasteiger partial charge in [-0.2, -0.15) is 0 Å². The van der Waals surface area contributed by atoms with Crippen LogP contribution in [0.15, 0.2) is 24.3 Å². The van der Waals surface area contributed by atoms with E-state index in [4.69, 9.17) is 18.9 Å². The third kappa shape index (κ3) is 5.20. The van der Waals surface area contributed by atoms with Gasteiger partial charge in [-0.05, 0) is 49.4 Å². The number of hydrogen-bond donors (Lipinski definition) is 0. The number of halogens is 1. The van der Waals surface area contributed by atoms with Crippen LogP contribution in [0.2, 0.25) is 0 Å². The first-order chi connectivity index (χ1) is 9.88. The van der Waals surface area contributed by atoms with Crippen LogP contribution in [0.3, 0.4) is 0 Å². The molecule has 1 atom stereocenters. The molecule has 21 heavy (non-hydrogen) atoms. The summed E-state index contributed by atoms with van der Waals surface area (Å²) >= 11 is 2.09. The van der Waals surface area contributed by atoms with Crippen LogP contribution in [-0.2, 0) is 9.53 Å². The SMILES string of the molecule is C=C(C)C(=O)Oc1cc(I)c(OC(C)OCC)c(OC)c1. The van der Waals surface area contributed by atoms with E-state index in [1.165, 1.54) is 7.11 Å². The third-order valence-corrected chi connectivity index (χ3v) is 3.25. The molecule has 1 aromatic rings. The van der Waals surface area contributed by atoms with Crippen molar-refractivity contribution in [3.63, 3.8) is 0 Å². The van der Waals surface area contributed by atoms with Crippen molar-refractivity contribution in [2.24, 2.45) is 0 Å². The van der Waals surface area contributed by atoms with Gasteiger partial charge in [0.1, 0.15) is 5.75 Å². The molecule has 1 rings (SSSR count). The van der Waals surface area contributed by atoms with Crippen molar-refractivity contribution in [2.45, 2.75) is 27.1 Å². The van der Waals surface area contributed by atoms with Crippen molar-refractivity contribution >= 4 is 28.6 Å². The summed E-state index contributed by atoms with van der Waals surface area (Å²) in [5.74, 6) is 0.914. The lowest BCUT2D eigenvalue weighted by atomic mass is 10.3. The highest BCUT2D eigenvalue weighted by atomic mass is 127. The van der Waals surface area contributed by atoms with Gasteiger partial charge < -0.3 is 18.9 Å². The first kappa shape index (κ1) is 17.8. The summed E-state index contributed by atoms with van der Waals surface area (Å²) in [6, 6.07) is 3.29. The van der Waals surface area contributed by atoms with Crippen LogP contribution in [0, 0.1) is 3.57 Å². The number of ether oxygens (including phenoxy) is 4. The normalized spacial score (nSPS) is 11.7. The van der Waals surface area contributed by atoms with Gasteiger partial charge in [0.05, 0.1) is 10.7 Å². The number of rotatable bonds is 7. The van der Waals surface area contributed by atoms with E-state index in [2.05, 4.69) is 29.2 Å². The largest absolute Gasteiger partial charge is 0.493 e. The lowest BCUT2D eigenvalue weighted by Gasteiger charge is -2.18. The van der Waals surface area contributed by atoms with E-state index in [1.807, 2.05) is 6.92 Å². The average Bonchev–Trinajstić information content (AvgIpc) is 2.41. The number of hydrogen-bond acceptors (Lipinski definition) is 5. The standard InChI is InChI=1S/C15H19IO5/c1-6-19-10(4)20-14-12(16)7-11(8-13(14)18-5)21-15(17)9(2)3/h7-8,10H,2,6H2,1,3-5H3. The molecule has 6 heteroatoms. The van der Waals surface area contributed by atoms with Crippen LogP contribution >= 0.6 is 22.6 Å². The molecule has 0 radical (unpaired) electrons. The van der Waals surface area contributed by atoms with Gasteiger partial charge in [0.2, 0.25) is 0 Å². The molecule has 0 saturated carbocycles. The smallest absolute Gasteiger partial charge is 0.338 e. The molecule has 0 N–H and O–H groups in total. The van der Waals surface area contributed by atoms with Gasteiger partial charge in [0.15, 0.2) is 17.8 Å². The highest BCUT2D eigenvalue weighted by Gasteiger charge is 2.17. The third-order valence-electron chi connectivity index (χ3n) is 2.45. The molecule has 116 valence electrons. The fraction of sp³-hybridized carbons (Fsp3) is 0.400. The van der Waals surface area contributed by atoms with Crippen LogP contribution < -0.4 is 14.2 Å². The molecule has 0 saturated heterocycles. The Bertz CT molecular complexity index is 527. The predicted molar refractivity (Wildman–Crippen MR) is 87.9 cm³/mol. The van der Waals surface area contributed by atoms with Gasteiger partial charge in [-0.15, -0.1) is 0 Å². The number of carbonyl (C=O) groups is 1. The summed E-state index contributed by atoms with van der Waals surface area (Å²) in [5.41, 5.74) is 0.328. The van der Waals surface area contributed by atoms with E-state index >= 15 is 0 Å². The lowest BCUT2D eigenvalue weighted by Crippen LogP contribution is -2.17. The quantitative estimate of drug-likeness (QED) is 0.228. The Labute approximate surface area is 138 Å². The van der Waals surface area contributed by atoms with Crippen LogP contribution in [0.1, 0.15) is 20.8 Å². The Morgan fingerprint density at radius 1 is 1.43 bits per heavy atom. The number of carbonyl (C=O) groups excluding carboxylic acids is 1. The van der Waals surface area contributed by atoms with Crippen molar-refractivity contribution in [3.8, 4) is 17.2 Å². The second kappa shape index (κ2) is 8.23. The van der Waals surface area contributed by atoms with Gasteiger partial charge in [-0.25, -0.2) is 4.79 Å². The second-order valence-electron chi connectivity index (χ2n) is 4.25. The minimum absolute atomic E-state index is 0.328. The second-order valence-corrected chi connectivity index (χ2v) is 5.41. The number of esters is 1. The molecule has 5 nitrogen and oxygen atoms in total. The molecule has 1 unspecified atom stereocenters. The molecule has 0 aliphatic rings. The minimum atomic E-state index is -0.482. The Balaban J connectivity index is 3.02. The van der Waals surface area contributed by atoms with E-state index in [0.717, 1.165) is 3.57 Å². The topological polar surface area (TPSA) is 54.0 Å². The first-order valence-electron chi connectivity index (χ1n) is 6.42. The first-order valence-corrected chi connectivity index (χ1v) is 7.50. The molecule has 1 aromatic carbocycles. The molecule has 0 aliphatic heterocycles. The Morgan fingerprint density at radius 3 is 2.62 bits per heavy atom. The molecule has 0 amide bonds. The molecule has 0 fully saturated rings. The van der Waals surface area contributed by atoms with Gasteiger partial charge in [-0.1, -0.05) is 6.58 Å². The van der Waals surface area contributed by atoms with E-state index in [1.54, 1.807) is 26.0 Å². The Morgan fingerprint density at radius 2 is 2.10 bits per heavy atom. The fourth-order valence-electron chi connectivity index (χ4n) is 1.50. The van der Waals surface area contributed by atoms with Crippen molar-refractivity contribution in [1.29, 1.82) is 0 Å². The van der Waals surface area contributed by atoms with Crippen LogP contribution in [0.5, 0.6) is 17.2 Å². The summed E-state index contributed by atoms with van der Waals surface area (Å²) in [7, 11) is 1.52.